The van der Waals surface area contributed by atoms with Crippen molar-refractivity contribution in [2.24, 2.45) is 5.92 Å². The first kappa shape index (κ1) is 23.4. The summed E-state index contributed by atoms with van der Waals surface area (Å²) in [7, 11) is 1.53. The maximum absolute atomic E-state index is 13.2. The summed E-state index contributed by atoms with van der Waals surface area (Å²) in [6.45, 7) is 0.566. The van der Waals surface area contributed by atoms with Crippen LogP contribution in [0.1, 0.15) is 12.0 Å². The lowest BCUT2D eigenvalue weighted by Crippen LogP contribution is -2.36. The second kappa shape index (κ2) is 10.4. The Morgan fingerprint density at radius 1 is 1.09 bits per heavy atom. The molecule has 34 heavy (non-hydrogen) atoms. The lowest BCUT2D eigenvalue weighted by atomic mass is 10.1. The average Bonchev–Trinajstić information content (AvgIpc) is 3.24. The first-order chi connectivity index (χ1) is 16.4. The Morgan fingerprint density at radius 3 is 2.53 bits per heavy atom. The number of nitrogens with zero attached hydrogens (tertiary/aromatic N) is 1. The lowest BCUT2D eigenvalue weighted by Gasteiger charge is -2.17. The van der Waals surface area contributed by atoms with Crippen LogP contribution in [0.15, 0.2) is 66.7 Å². The number of amides is 2. The van der Waals surface area contributed by atoms with Gasteiger partial charge in [-0.15, -0.1) is 0 Å². The Hall–Kier alpha value is -3.78. The molecule has 0 aromatic heterocycles. The average molecular weight is 484 g/mol. The van der Waals surface area contributed by atoms with Crippen molar-refractivity contribution in [2.45, 2.75) is 13.0 Å². The summed E-state index contributed by atoms with van der Waals surface area (Å²) in [6, 6.07) is 18.1. The van der Waals surface area contributed by atoms with Crippen LogP contribution >= 0.6 is 11.6 Å². The highest BCUT2D eigenvalue weighted by Crippen LogP contribution is 2.31. The van der Waals surface area contributed by atoms with Gasteiger partial charge in [0, 0.05) is 29.7 Å². The molecule has 0 radical (unpaired) electrons. The third kappa shape index (κ3) is 5.58. The quantitative estimate of drug-likeness (QED) is 0.459. The van der Waals surface area contributed by atoms with Crippen LogP contribution < -0.4 is 25.2 Å². The summed E-state index contributed by atoms with van der Waals surface area (Å²) in [4.78, 5) is 26.5. The maximum atomic E-state index is 13.2. The molecule has 1 atom stereocenters. The van der Waals surface area contributed by atoms with E-state index in [1.54, 1.807) is 30.3 Å². The molecule has 3 aromatic carbocycles. The molecule has 2 amide bonds. The molecular formula is C25H23ClFN3O4. The van der Waals surface area contributed by atoms with Crippen molar-refractivity contribution >= 4 is 34.8 Å². The first-order valence-electron chi connectivity index (χ1n) is 10.6. The van der Waals surface area contributed by atoms with Gasteiger partial charge in [0.15, 0.2) is 11.5 Å². The molecule has 1 fully saturated rings. The molecule has 2 N–H and O–H groups in total. The van der Waals surface area contributed by atoms with E-state index in [1.165, 1.54) is 36.3 Å². The first-order valence-corrected chi connectivity index (χ1v) is 11.0. The maximum Gasteiger partial charge on any atom is 0.243 e. The Labute approximate surface area is 201 Å². The number of methoxy groups -OCH3 is 1. The van der Waals surface area contributed by atoms with E-state index in [0.29, 0.717) is 34.5 Å². The van der Waals surface area contributed by atoms with E-state index in [-0.39, 0.29) is 30.6 Å². The van der Waals surface area contributed by atoms with Crippen molar-refractivity contribution in [1.82, 2.24) is 5.43 Å². The highest BCUT2D eigenvalue weighted by Gasteiger charge is 2.35. The summed E-state index contributed by atoms with van der Waals surface area (Å²) in [5.41, 5.74) is 7.60. The fourth-order valence-corrected chi connectivity index (χ4v) is 3.72. The van der Waals surface area contributed by atoms with E-state index in [2.05, 4.69) is 10.9 Å². The summed E-state index contributed by atoms with van der Waals surface area (Å²) >= 11 is 5.91. The molecule has 9 heteroatoms. The molecule has 4 rings (SSSR count). The number of benzene rings is 3. The number of carbonyl (C=O) groups is 2. The van der Waals surface area contributed by atoms with Crippen LogP contribution in [0.5, 0.6) is 11.5 Å². The number of rotatable bonds is 8. The zero-order valence-electron chi connectivity index (χ0n) is 18.4. The molecule has 0 spiro atoms. The summed E-state index contributed by atoms with van der Waals surface area (Å²) in [6.07, 6.45) is 0.0751. The summed E-state index contributed by atoms with van der Waals surface area (Å²) in [5, 5.41) is 0.656. The topological polar surface area (TPSA) is 79.9 Å². The standard InChI is InChI=1S/C25H23ClFN3O4/c1-33-23-13-20(8-11-22(23)34-15-16-2-4-18(26)5-3-16)28-29-25(32)17-12-24(31)30(14-17)21-9-6-19(27)7-10-21/h2-11,13,17,28H,12,14-15H2,1H3,(H,29,32)/t17-/m0/s1. The van der Waals surface area contributed by atoms with Crippen molar-refractivity contribution in [3.8, 4) is 11.5 Å². The zero-order valence-corrected chi connectivity index (χ0v) is 19.1. The Bertz CT molecular complexity index is 1170. The Balaban J connectivity index is 1.33. The fourth-order valence-electron chi connectivity index (χ4n) is 3.60. The van der Waals surface area contributed by atoms with E-state index >= 15 is 0 Å². The molecule has 176 valence electrons. The lowest BCUT2D eigenvalue weighted by molar-refractivity contribution is -0.125. The number of nitrogens with one attached hydrogen (secondary N) is 2. The predicted molar refractivity (Wildman–Crippen MR) is 127 cm³/mol. The second-order valence-corrected chi connectivity index (χ2v) is 8.21. The number of ether oxygens (including phenoxy) is 2. The van der Waals surface area contributed by atoms with Gasteiger partial charge in [0.05, 0.1) is 18.7 Å². The van der Waals surface area contributed by atoms with Gasteiger partial charge >= 0.3 is 0 Å². The summed E-state index contributed by atoms with van der Waals surface area (Å²) < 4.78 is 24.4. The van der Waals surface area contributed by atoms with Crippen molar-refractivity contribution in [2.75, 3.05) is 24.0 Å². The van der Waals surface area contributed by atoms with E-state index in [1.807, 2.05) is 12.1 Å². The molecule has 0 bridgehead atoms. The number of anilines is 2. The monoisotopic (exact) mass is 483 g/mol. The third-order valence-corrected chi connectivity index (χ3v) is 5.69. The number of carbonyl (C=O) groups excluding carboxylic acids is 2. The Kier molecular flexibility index (Phi) is 7.18. The second-order valence-electron chi connectivity index (χ2n) is 7.78. The normalized spacial score (nSPS) is 15.2. The minimum absolute atomic E-state index is 0.0751. The van der Waals surface area contributed by atoms with Gasteiger partial charge in [0.2, 0.25) is 11.8 Å². The molecule has 3 aromatic rings. The summed E-state index contributed by atoms with van der Waals surface area (Å²) in [5.74, 6) is -0.382. The molecule has 1 heterocycles. The minimum Gasteiger partial charge on any atom is -0.493 e. The third-order valence-electron chi connectivity index (χ3n) is 5.44. The van der Waals surface area contributed by atoms with Crippen LogP contribution in [0.4, 0.5) is 15.8 Å². The fraction of sp³-hybridized carbons (Fsp3) is 0.200. The predicted octanol–water partition coefficient (Wildman–Crippen LogP) is 4.56. The van der Waals surface area contributed by atoms with Crippen LogP contribution in [0.3, 0.4) is 0 Å². The van der Waals surface area contributed by atoms with Gasteiger partial charge in [-0.2, -0.15) is 0 Å². The molecule has 1 aliphatic rings. The number of hydrazine groups is 1. The van der Waals surface area contributed by atoms with E-state index in [0.717, 1.165) is 5.56 Å². The van der Waals surface area contributed by atoms with E-state index in [4.69, 9.17) is 21.1 Å². The van der Waals surface area contributed by atoms with Gasteiger partial charge in [-0.1, -0.05) is 23.7 Å². The smallest absolute Gasteiger partial charge is 0.243 e. The van der Waals surface area contributed by atoms with Crippen LogP contribution in [0, 0.1) is 11.7 Å². The van der Waals surface area contributed by atoms with Gasteiger partial charge < -0.3 is 14.4 Å². The van der Waals surface area contributed by atoms with Crippen LogP contribution in [-0.2, 0) is 16.2 Å². The largest absolute Gasteiger partial charge is 0.493 e. The molecule has 0 saturated carbocycles. The van der Waals surface area contributed by atoms with Gasteiger partial charge in [-0.05, 0) is 54.1 Å². The molecule has 7 nitrogen and oxygen atoms in total. The minimum atomic E-state index is -0.533. The van der Waals surface area contributed by atoms with Crippen molar-refractivity contribution < 1.29 is 23.5 Å². The highest BCUT2D eigenvalue weighted by molar-refractivity contribution is 6.30. The van der Waals surface area contributed by atoms with Crippen LogP contribution in [0.25, 0.3) is 0 Å². The molecule has 1 saturated heterocycles. The molecular weight excluding hydrogens is 461 g/mol. The molecule has 0 aliphatic carbocycles. The van der Waals surface area contributed by atoms with Crippen molar-refractivity contribution in [3.05, 3.63) is 83.1 Å². The highest BCUT2D eigenvalue weighted by atomic mass is 35.5. The van der Waals surface area contributed by atoms with E-state index in [9.17, 15) is 14.0 Å². The van der Waals surface area contributed by atoms with Crippen molar-refractivity contribution in [3.63, 3.8) is 0 Å². The number of halogens is 2. The number of hydrogen-bond acceptors (Lipinski definition) is 5. The SMILES string of the molecule is COc1cc(NNC(=O)[C@H]2CC(=O)N(c3ccc(F)cc3)C2)ccc1OCc1ccc(Cl)cc1. The Morgan fingerprint density at radius 2 is 1.82 bits per heavy atom. The van der Waals surface area contributed by atoms with Gasteiger partial charge in [0.25, 0.3) is 0 Å². The van der Waals surface area contributed by atoms with Crippen LogP contribution in [-0.4, -0.2) is 25.5 Å². The van der Waals surface area contributed by atoms with Gasteiger partial charge in [-0.25, -0.2) is 4.39 Å². The van der Waals surface area contributed by atoms with Gasteiger partial charge in [-0.3, -0.25) is 20.4 Å². The zero-order chi connectivity index (χ0) is 24.1. The molecule has 1 aliphatic heterocycles. The van der Waals surface area contributed by atoms with Gasteiger partial charge in [0.1, 0.15) is 12.4 Å². The van der Waals surface area contributed by atoms with Crippen molar-refractivity contribution in [1.29, 1.82) is 0 Å². The number of hydrogen-bond donors (Lipinski definition) is 2. The van der Waals surface area contributed by atoms with Crippen LogP contribution in [0.2, 0.25) is 5.02 Å². The van der Waals surface area contributed by atoms with E-state index < -0.39 is 5.92 Å². The molecule has 0 unspecified atom stereocenters.